The fraction of sp³-hybridized carbons (Fsp3) is 0.400. The largest absolute Gasteiger partial charge is 0.311 e. The smallest absolute Gasteiger partial charge is 0.127 e. The summed E-state index contributed by atoms with van der Waals surface area (Å²) in [6.07, 6.45) is 3.23. The average molecular weight is 375 g/mol. The van der Waals surface area contributed by atoms with Gasteiger partial charge in [-0.15, -0.1) is 0 Å². The number of nitrogens with zero attached hydrogens (tertiary/aromatic N) is 2. The molecule has 1 atom stereocenters. The SMILES string of the molecule is CCCn1ncc(Br)c1C(Cc1c(F)cccc1Cl)NC. The number of likely N-dealkylation sites (N-methyl/N-ethyl adjacent to an activating group) is 1. The zero-order valence-corrected chi connectivity index (χ0v) is 14.4. The Morgan fingerprint density at radius 3 is 2.86 bits per heavy atom. The third-order valence-corrected chi connectivity index (χ3v) is 4.38. The summed E-state index contributed by atoms with van der Waals surface area (Å²) in [6, 6.07) is 4.70. The van der Waals surface area contributed by atoms with E-state index < -0.39 is 0 Å². The summed E-state index contributed by atoms with van der Waals surface area (Å²) in [5, 5.41) is 8.05. The van der Waals surface area contributed by atoms with Crippen molar-refractivity contribution in [1.29, 1.82) is 0 Å². The van der Waals surface area contributed by atoms with E-state index in [0.717, 1.165) is 23.1 Å². The van der Waals surface area contributed by atoms with Crippen molar-refractivity contribution in [2.75, 3.05) is 7.05 Å². The van der Waals surface area contributed by atoms with Gasteiger partial charge in [0, 0.05) is 17.1 Å². The zero-order chi connectivity index (χ0) is 15.4. The first-order valence-electron chi connectivity index (χ1n) is 6.89. The number of benzene rings is 1. The molecule has 2 aromatic rings. The Labute approximate surface area is 137 Å². The molecule has 1 aromatic carbocycles. The van der Waals surface area contributed by atoms with Gasteiger partial charge in [-0.1, -0.05) is 24.6 Å². The van der Waals surface area contributed by atoms with E-state index in [1.165, 1.54) is 6.07 Å². The van der Waals surface area contributed by atoms with Crippen molar-refractivity contribution in [3.8, 4) is 0 Å². The van der Waals surface area contributed by atoms with E-state index >= 15 is 0 Å². The molecule has 0 spiro atoms. The topological polar surface area (TPSA) is 29.9 Å². The molecule has 1 aromatic heterocycles. The van der Waals surface area contributed by atoms with Gasteiger partial charge in [0.15, 0.2) is 0 Å². The molecule has 0 aliphatic heterocycles. The van der Waals surface area contributed by atoms with Gasteiger partial charge in [-0.05, 0) is 48.0 Å². The van der Waals surface area contributed by atoms with Gasteiger partial charge in [0.1, 0.15) is 5.82 Å². The van der Waals surface area contributed by atoms with Crippen LogP contribution in [0.15, 0.2) is 28.9 Å². The number of hydrogen-bond acceptors (Lipinski definition) is 2. The monoisotopic (exact) mass is 373 g/mol. The first kappa shape index (κ1) is 16.5. The normalized spacial score (nSPS) is 12.6. The van der Waals surface area contributed by atoms with Crippen LogP contribution in [-0.4, -0.2) is 16.8 Å². The lowest BCUT2D eigenvalue weighted by atomic mass is 10.0. The highest BCUT2D eigenvalue weighted by atomic mass is 79.9. The molecule has 0 fully saturated rings. The summed E-state index contributed by atoms with van der Waals surface area (Å²) in [4.78, 5) is 0. The Morgan fingerprint density at radius 1 is 1.48 bits per heavy atom. The maximum atomic E-state index is 14.0. The molecule has 0 saturated heterocycles. The molecule has 21 heavy (non-hydrogen) atoms. The standard InChI is InChI=1S/C15H18BrClFN3/c1-3-7-21-15(11(16)9-20-21)14(19-2)8-10-12(17)5-4-6-13(10)18/h4-6,9,14,19H,3,7-8H2,1-2H3. The van der Waals surface area contributed by atoms with Crippen molar-refractivity contribution in [3.05, 3.63) is 51.0 Å². The fourth-order valence-electron chi connectivity index (χ4n) is 2.38. The minimum absolute atomic E-state index is 0.0668. The molecule has 0 radical (unpaired) electrons. The van der Waals surface area contributed by atoms with E-state index in [9.17, 15) is 4.39 Å². The molecule has 114 valence electrons. The number of nitrogens with one attached hydrogen (secondary N) is 1. The van der Waals surface area contributed by atoms with E-state index in [1.807, 2.05) is 11.7 Å². The predicted molar refractivity (Wildman–Crippen MR) is 87.1 cm³/mol. The summed E-state index contributed by atoms with van der Waals surface area (Å²) in [7, 11) is 1.86. The molecule has 0 aliphatic rings. The van der Waals surface area contributed by atoms with Gasteiger partial charge in [-0.25, -0.2) is 4.39 Å². The molecule has 1 N–H and O–H groups in total. The summed E-state index contributed by atoms with van der Waals surface area (Å²) >= 11 is 9.66. The Kier molecular flexibility index (Phi) is 5.79. The summed E-state index contributed by atoms with van der Waals surface area (Å²) < 4.78 is 16.9. The van der Waals surface area contributed by atoms with Crippen LogP contribution >= 0.6 is 27.5 Å². The summed E-state index contributed by atoms with van der Waals surface area (Å²) in [5.41, 5.74) is 1.54. The zero-order valence-electron chi connectivity index (χ0n) is 12.0. The Balaban J connectivity index is 2.35. The lowest BCUT2D eigenvalue weighted by Crippen LogP contribution is -2.23. The van der Waals surface area contributed by atoms with Gasteiger partial charge >= 0.3 is 0 Å². The molecule has 1 heterocycles. The van der Waals surface area contributed by atoms with Crippen molar-refractivity contribution in [1.82, 2.24) is 15.1 Å². The molecule has 0 aliphatic carbocycles. The van der Waals surface area contributed by atoms with Gasteiger partial charge in [-0.3, -0.25) is 4.68 Å². The van der Waals surface area contributed by atoms with Crippen LogP contribution in [0.4, 0.5) is 4.39 Å². The second-order valence-electron chi connectivity index (χ2n) is 4.85. The second-order valence-corrected chi connectivity index (χ2v) is 6.11. The second kappa shape index (κ2) is 7.38. The van der Waals surface area contributed by atoms with Crippen molar-refractivity contribution >= 4 is 27.5 Å². The quantitative estimate of drug-likeness (QED) is 0.814. The Hall–Kier alpha value is -0.910. The highest BCUT2D eigenvalue weighted by Gasteiger charge is 2.21. The lowest BCUT2D eigenvalue weighted by molar-refractivity contribution is 0.487. The van der Waals surface area contributed by atoms with Crippen LogP contribution in [0, 0.1) is 5.82 Å². The molecular weight excluding hydrogens is 357 g/mol. The Bertz CT molecular complexity index is 595. The van der Waals surface area contributed by atoms with Crippen LogP contribution in [0.5, 0.6) is 0 Å². The minimum atomic E-state index is -0.277. The molecule has 1 unspecified atom stereocenters. The average Bonchev–Trinajstić information content (AvgIpc) is 2.81. The van der Waals surface area contributed by atoms with Gasteiger partial charge in [0.2, 0.25) is 0 Å². The number of hydrogen-bond donors (Lipinski definition) is 1. The first-order valence-corrected chi connectivity index (χ1v) is 8.06. The molecule has 2 rings (SSSR count). The summed E-state index contributed by atoms with van der Waals surface area (Å²) in [6.45, 7) is 2.92. The van der Waals surface area contributed by atoms with Crippen molar-refractivity contribution in [2.45, 2.75) is 32.4 Å². The van der Waals surface area contributed by atoms with E-state index in [4.69, 9.17) is 11.6 Å². The number of aryl methyl sites for hydroxylation is 1. The van der Waals surface area contributed by atoms with Crippen LogP contribution in [0.3, 0.4) is 0 Å². The predicted octanol–water partition coefficient (Wildman–Crippen LogP) is 4.35. The summed E-state index contributed by atoms with van der Waals surface area (Å²) in [5.74, 6) is -0.277. The maximum Gasteiger partial charge on any atom is 0.127 e. The van der Waals surface area contributed by atoms with E-state index in [1.54, 1.807) is 18.3 Å². The van der Waals surface area contributed by atoms with Crippen LogP contribution in [0.1, 0.15) is 30.6 Å². The minimum Gasteiger partial charge on any atom is -0.311 e. The van der Waals surface area contributed by atoms with Crippen molar-refractivity contribution < 1.29 is 4.39 Å². The molecule has 0 saturated carbocycles. The molecule has 0 amide bonds. The van der Waals surface area contributed by atoms with Crippen LogP contribution in [-0.2, 0) is 13.0 Å². The maximum absolute atomic E-state index is 14.0. The van der Waals surface area contributed by atoms with Crippen molar-refractivity contribution in [3.63, 3.8) is 0 Å². The third kappa shape index (κ3) is 3.65. The fourth-order valence-corrected chi connectivity index (χ4v) is 3.19. The van der Waals surface area contributed by atoms with Crippen LogP contribution in [0.2, 0.25) is 5.02 Å². The van der Waals surface area contributed by atoms with Gasteiger partial charge in [-0.2, -0.15) is 5.10 Å². The van der Waals surface area contributed by atoms with Gasteiger partial charge in [0.05, 0.1) is 22.4 Å². The van der Waals surface area contributed by atoms with Gasteiger partial charge < -0.3 is 5.32 Å². The lowest BCUT2D eigenvalue weighted by Gasteiger charge is -2.19. The van der Waals surface area contributed by atoms with Crippen LogP contribution in [0.25, 0.3) is 0 Å². The van der Waals surface area contributed by atoms with E-state index in [0.29, 0.717) is 17.0 Å². The Morgan fingerprint density at radius 2 is 2.24 bits per heavy atom. The van der Waals surface area contributed by atoms with E-state index in [-0.39, 0.29) is 11.9 Å². The number of aromatic nitrogens is 2. The number of rotatable bonds is 6. The highest BCUT2D eigenvalue weighted by Crippen LogP contribution is 2.29. The molecule has 3 nitrogen and oxygen atoms in total. The molecular formula is C15H18BrClFN3. The highest BCUT2D eigenvalue weighted by molar-refractivity contribution is 9.10. The third-order valence-electron chi connectivity index (χ3n) is 3.42. The first-order chi connectivity index (χ1) is 10.1. The van der Waals surface area contributed by atoms with Crippen LogP contribution < -0.4 is 5.32 Å². The van der Waals surface area contributed by atoms with Gasteiger partial charge in [0.25, 0.3) is 0 Å². The van der Waals surface area contributed by atoms with E-state index in [2.05, 4.69) is 33.3 Å². The van der Waals surface area contributed by atoms with Crippen molar-refractivity contribution in [2.24, 2.45) is 0 Å². The molecule has 0 bridgehead atoms. The number of halogens is 3. The molecule has 6 heteroatoms.